The molecule has 0 aromatic rings. The van der Waals surface area contributed by atoms with Crippen molar-refractivity contribution in [2.45, 2.75) is 40.0 Å². The molecule has 3 nitrogen and oxygen atoms in total. The first-order valence-electron chi connectivity index (χ1n) is 5.94. The highest BCUT2D eigenvalue weighted by Crippen LogP contribution is 1.71. The van der Waals surface area contributed by atoms with Crippen molar-refractivity contribution in [1.82, 2.24) is 10.6 Å². The van der Waals surface area contributed by atoms with Crippen molar-refractivity contribution in [1.29, 1.82) is 0 Å². The molecular formula is C11H29N3. The normalized spacial score (nSPS) is 9.43. The highest BCUT2D eigenvalue weighted by atomic mass is 14.9. The molecule has 0 amide bonds. The van der Waals surface area contributed by atoms with Crippen LogP contribution in [0.15, 0.2) is 0 Å². The van der Waals surface area contributed by atoms with Crippen molar-refractivity contribution in [2.24, 2.45) is 5.73 Å². The van der Waals surface area contributed by atoms with Gasteiger partial charge in [-0.1, -0.05) is 20.8 Å². The van der Waals surface area contributed by atoms with Crippen LogP contribution < -0.4 is 16.4 Å². The lowest BCUT2D eigenvalue weighted by molar-refractivity contribution is 0.662. The fourth-order valence-electron chi connectivity index (χ4n) is 0.882. The van der Waals surface area contributed by atoms with Gasteiger partial charge in [0.15, 0.2) is 0 Å². The average Bonchev–Trinajstić information content (AvgIpc) is 2.21. The van der Waals surface area contributed by atoms with Gasteiger partial charge in [-0.2, -0.15) is 0 Å². The van der Waals surface area contributed by atoms with Crippen LogP contribution >= 0.6 is 0 Å². The van der Waals surface area contributed by atoms with Gasteiger partial charge in [0.2, 0.25) is 0 Å². The lowest BCUT2D eigenvalue weighted by Gasteiger charge is -1.95. The van der Waals surface area contributed by atoms with Gasteiger partial charge in [0.25, 0.3) is 0 Å². The smallest absolute Gasteiger partial charge is 0.00744 e. The molecule has 4 N–H and O–H groups in total. The lowest BCUT2D eigenvalue weighted by Crippen LogP contribution is -2.22. The van der Waals surface area contributed by atoms with E-state index in [0.29, 0.717) is 0 Å². The third-order valence-electron chi connectivity index (χ3n) is 1.60. The molecule has 0 bridgehead atoms. The fraction of sp³-hybridized carbons (Fsp3) is 1.00. The molecule has 0 aliphatic heterocycles. The summed E-state index contributed by atoms with van der Waals surface area (Å²) in [7, 11) is 0. The maximum Gasteiger partial charge on any atom is 0.00744 e. The van der Waals surface area contributed by atoms with Crippen molar-refractivity contribution in [3.05, 3.63) is 0 Å². The highest BCUT2D eigenvalue weighted by Gasteiger charge is 1.77. The minimum atomic E-state index is 0.750. The Balaban J connectivity index is 0. The molecule has 0 atom stereocenters. The molecule has 88 valence electrons. The minimum Gasteiger partial charge on any atom is -0.329 e. The molecule has 0 aromatic heterocycles. The minimum absolute atomic E-state index is 0.750. The summed E-state index contributed by atoms with van der Waals surface area (Å²) in [6.07, 6.45) is 3.69. The van der Waals surface area contributed by atoms with Crippen LogP contribution in [0.25, 0.3) is 0 Å². The highest BCUT2D eigenvalue weighted by molar-refractivity contribution is 4.42. The van der Waals surface area contributed by atoms with E-state index in [9.17, 15) is 0 Å². The second-order valence-corrected chi connectivity index (χ2v) is 3.29. The van der Waals surface area contributed by atoms with E-state index < -0.39 is 0 Å². The number of hydrogen-bond acceptors (Lipinski definition) is 3. The van der Waals surface area contributed by atoms with Crippen LogP contribution in [0.5, 0.6) is 0 Å². The molecule has 0 saturated carbocycles. The molecular weight excluding hydrogens is 174 g/mol. The van der Waals surface area contributed by atoms with Crippen molar-refractivity contribution in [2.75, 3.05) is 32.7 Å². The molecule has 0 aliphatic carbocycles. The van der Waals surface area contributed by atoms with Crippen LogP contribution in [0, 0.1) is 0 Å². The first kappa shape index (κ1) is 16.3. The Labute approximate surface area is 89.8 Å². The van der Waals surface area contributed by atoms with E-state index in [1.807, 2.05) is 0 Å². The third-order valence-corrected chi connectivity index (χ3v) is 1.60. The fourth-order valence-corrected chi connectivity index (χ4v) is 0.882. The zero-order chi connectivity index (χ0) is 11.1. The summed E-state index contributed by atoms with van der Waals surface area (Å²) in [6.45, 7) is 11.7. The number of hydrogen-bond donors (Lipinski definition) is 3. The maximum absolute atomic E-state index is 5.21. The van der Waals surface area contributed by atoms with Crippen molar-refractivity contribution in [3.63, 3.8) is 0 Å². The zero-order valence-corrected chi connectivity index (χ0v) is 10.2. The molecule has 0 heterocycles. The third kappa shape index (κ3) is 22.6. The van der Waals surface area contributed by atoms with Gasteiger partial charge < -0.3 is 16.4 Å². The first-order chi connectivity index (χ1) is 6.83. The van der Waals surface area contributed by atoms with E-state index in [2.05, 4.69) is 31.4 Å². The van der Waals surface area contributed by atoms with Crippen LogP contribution in [0.2, 0.25) is 0 Å². The second kappa shape index (κ2) is 18.6. The summed E-state index contributed by atoms with van der Waals surface area (Å²) >= 11 is 0. The summed E-state index contributed by atoms with van der Waals surface area (Å²) in [6, 6.07) is 0. The maximum atomic E-state index is 5.21. The second-order valence-electron chi connectivity index (χ2n) is 3.29. The summed E-state index contributed by atoms with van der Waals surface area (Å²) < 4.78 is 0. The predicted molar refractivity (Wildman–Crippen MR) is 65.7 cm³/mol. The summed E-state index contributed by atoms with van der Waals surface area (Å²) in [5, 5.41) is 6.44. The van der Waals surface area contributed by atoms with Gasteiger partial charge in [-0.05, 0) is 38.9 Å². The molecule has 0 radical (unpaired) electrons. The van der Waals surface area contributed by atoms with Gasteiger partial charge in [0, 0.05) is 13.1 Å². The Hall–Kier alpha value is -0.120. The number of nitrogens with one attached hydrogen (secondary N) is 2. The summed E-state index contributed by atoms with van der Waals surface area (Å²) in [5.41, 5.74) is 5.21. The van der Waals surface area contributed by atoms with Crippen molar-refractivity contribution >= 4 is 0 Å². The monoisotopic (exact) mass is 203 g/mol. The van der Waals surface area contributed by atoms with Crippen LogP contribution in [-0.4, -0.2) is 32.7 Å². The molecule has 0 unspecified atom stereocenters. The molecule has 0 rings (SSSR count). The topological polar surface area (TPSA) is 50.1 Å². The van der Waals surface area contributed by atoms with Gasteiger partial charge in [-0.15, -0.1) is 0 Å². The van der Waals surface area contributed by atoms with Gasteiger partial charge in [-0.25, -0.2) is 0 Å². The van der Waals surface area contributed by atoms with E-state index in [0.717, 1.165) is 19.6 Å². The van der Waals surface area contributed by atoms with Crippen LogP contribution in [0.1, 0.15) is 40.0 Å². The predicted octanol–water partition coefficient (Wildman–Crippen LogP) is 1.34. The molecule has 0 fully saturated rings. The zero-order valence-electron chi connectivity index (χ0n) is 10.2. The summed E-state index contributed by atoms with van der Waals surface area (Å²) in [4.78, 5) is 0. The van der Waals surface area contributed by atoms with Crippen LogP contribution in [-0.2, 0) is 0 Å². The van der Waals surface area contributed by atoms with E-state index in [1.54, 1.807) is 0 Å². The van der Waals surface area contributed by atoms with Gasteiger partial charge in [0.1, 0.15) is 0 Å². The Morgan fingerprint density at radius 1 is 0.714 bits per heavy atom. The van der Waals surface area contributed by atoms with Gasteiger partial charge in [-0.3, -0.25) is 0 Å². The Bertz CT molecular complexity index is 58.9. The summed E-state index contributed by atoms with van der Waals surface area (Å²) in [5.74, 6) is 0. The van der Waals surface area contributed by atoms with Crippen LogP contribution in [0.3, 0.4) is 0 Å². The Kier molecular flexibility index (Phi) is 21.7. The number of rotatable bonds is 8. The SMILES string of the molecule is CCCNCCC.CCCNCCN. The van der Waals surface area contributed by atoms with Gasteiger partial charge >= 0.3 is 0 Å². The van der Waals surface area contributed by atoms with E-state index in [1.165, 1.54) is 32.4 Å². The Morgan fingerprint density at radius 3 is 1.36 bits per heavy atom. The van der Waals surface area contributed by atoms with Gasteiger partial charge in [0.05, 0.1) is 0 Å². The molecule has 14 heavy (non-hydrogen) atoms. The molecule has 0 saturated heterocycles. The van der Waals surface area contributed by atoms with E-state index >= 15 is 0 Å². The Morgan fingerprint density at radius 2 is 1.07 bits per heavy atom. The molecule has 0 aliphatic rings. The first-order valence-corrected chi connectivity index (χ1v) is 5.94. The van der Waals surface area contributed by atoms with Crippen molar-refractivity contribution in [3.8, 4) is 0 Å². The van der Waals surface area contributed by atoms with E-state index in [-0.39, 0.29) is 0 Å². The largest absolute Gasteiger partial charge is 0.329 e. The number of nitrogens with two attached hydrogens (primary N) is 1. The quantitative estimate of drug-likeness (QED) is 0.522. The van der Waals surface area contributed by atoms with Crippen LogP contribution in [0.4, 0.5) is 0 Å². The standard InChI is InChI=1S/C6H15N.C5H14N2/c1-3-5-7-6-4-2;1-2-4-7-5-3-6/h7H,3-6H2,1-2H3;7H,2-6H2,1H3. The lowest BCUT2D eigenvalue weighted by atomic mass is 10.4. The van der Waals surface area contributed by atoms with E-state index in [4.69, 9.17) is 5.73 Å². The molecule has 3 heteroatoms. The van der Waals surface area contributed by atoms with Crippen molar-refractivity contribution < 1.29 is 0 Å². The average molecular weight is 203 g/mol. The molecule has 0 aromatic carbocycles. The molecule has 0 spiro atoms.